The monoisotopic (exact) mass is 371 g/mol. The van der Waals surface area contributed by atoms with Gasteiger partial charge in [-0.25, -0.2) is 0 Å². The molecule has 2 aliphatic rings. The van der Waals surface area contributed by atoms with Crippen LogP contribution in [0, 0.1) is 5.92 Å². The Labute approximate surface area is 158 Å². The maximum Gasteiger partial charge on any atom is 0.125 e. The fourth-order valence-electron chi connectivity index (χ4n) is 3.95. The van der Waals surface area contributed by atoms with Crippen LogP contribution >= 0.6 is 23.2 Å². The van der Waals surface area contributed by atoms with Gasteiger partial charge in [0.15, 0.2) is 0 Å². The average molecular weight is 372 g/mol. The Morgan fingerprint density at radius 1 is 1.20 bits per heavy atom. The smallest absolute Gasteiger partial charge is 0.125 e. The lowest BCUT2D eigenvalue weighted by Crippen LogP contribution is -2.29. The first kappa shape index (κ1) is 16.6. The molecule has 0 fully saturated rings. The average Bonchev–Trinajstić information content (AvgIpc) is 3.10. The van der Waals surface area contributed by atoms with E-state index < -0.39 is 0 Å². The Morgan fingerprint density at radius 2 is 2.04 bits per heavy atom. The van der Waals surface area contributed by atoms with Crippen LogP contribution in [0.15, 0.2) is 61.2 Å². The van der Waals surface area contributed by atoms with Crippen molar-refractivity contribution in [1.82, 2.24) is 0 Å². The molecule has 2 nitrogen and oxygen atoms in total. The van der Waals surface area contributed by atoms with Crippen molar-refractivity contribution in [2.24, 2.45) is 5.92 Å². The summed E-state index contributed by atoms with van der Waals surface area (Å²) in [5, 5.41) is 5.00. The van der Waals surface area contributed by atoms with Crippen LogP contribution in [0.2, 0.25) is 10.0 Å². The summed E-state index contributed by atoms with van der Waals surface area (Å²) in [5.41, 5.74) is 3.30. The Hall–Kier alpha value is -1.90. The Morgan fingerprint density at radius 3 is 2.88 bits per heavy atom. The maximum atomic E-state index is 6.50. The molecule has 1 heterocycles. The van der Waals surface area contributed by atoms with E-state index in [1.807, 2.05) is 24.3 Å². The lowest BCUT2D eigenvalue weighted by Gasteiger charge is -2.38. The normalized spacial score (nSPS) is 23.5. The molecule has 2 aromatic rings. The third kappa shape index (κ3) is 2.94. The van der Waals surface area contributed by atoms with Crippen molar-refractivity contribution in [3.05, 3.63) is 82.4 Å². The fraction of sp³-hybridized carbons (Fsp3) is 0.238. The first-order valence-corrected chi connectivity index (χ1v) is 9.19. The second-order valence-corrected chi connectivity index (χ2v) is 7.31. The highest BCUT2D eigenvalue weighted by Gasteiger charge is 2.39. The van der Waals surface area contributed by atoms with E-state index in [1.54, 1.807) is 12.1 Å². The Bertz CT molecular complexity index is 846. The fourth-order valence-corrected chi connectivity index (χ4v) is 4.51. The topological polar surface area (TPSA) is 21.3 Å². The molecule has 0 unspecified atom stereocenters. The lowest BCUT2D eigenvalue weighted by molar-refractivity contribution is 0.346. The van der Waals surface area contributed by atoms with E-state index in [1.165, 1.54) is 5.56 Å². The number of hydrogen-bond acceptors (Lipinski definition) is 2. The summed E-state index contributed by atoms with van der Waals surface area (Å²) < 4.78 is 5.89. The van der Waals surface area contributed by atoms with E-state index in [0.29, 0.717) is 28.5 Å². The highest BCUT2D eigenvalue weighted by Crippen LogP contribution is 2.53. The third-order valence-electron chi connectivity index (χ3n) is 5.00. The molecule has 1 aliphatic heterocycles. The quantitative estimate of drug-likeness (QED) is 0.629. The third-order valence-corrected chi connectivity index (χ3v) is 5.51. The number of halogens is 2. The molecule has 1 aliphatic carbocycles. The summed E-state index contributed by atoms with van der Waals surface area (Å²) in [6.07, 6.45) is 7.30. The minimum absolute atomic E-state index is 0.132. The number of para-hydroxylation sites is 1. The van der Waals surface area contributed by atoms with Gasteiger partial charge in [0.25, 0.3) is 0 Å². The molecule has 0 radical (unpaired) electrons. The Kier molecular flexibility index (Phi) is 4.49. The first-order valence-electron chi connectivity index (χ1n) is 8.44. The summed E-state index contributed by atoms with van der Waals surface area (Å²) in [4.78, 5) is 0. The number of hydrogen-bond donors (Lipinski definition) is 1. The van der Waals surface area contributed by atoms with Crippen LogP contribution in [0.1, 0.15) is 29.5 Å². The summed E-state index contributed by atoms with van der Waals surface area (Å²) in [6, 6.07) is 12.1. The highest BCUT2D eigenvalue weighted by molar-refractivity contribution is 6.36. The second-order valence-electron chi connectivity index (χ2n) is 6.46. The molecule has 4 rings (SSSR count). The summed E-state index contributed by atoms with van der Waals surface area (Å²) in [6.45, 7) is 4.23. The molecule has 0 bridgehead atoms. The minimum Gasteiger partial charge on any atom is -0.489 e. The van der Waals surface area contributed by atoms with Gasteiger partial charge in [-0.05, 0) is 36.1 Å². The van der Waals surface area contributed by atoms with Gasteiger partial charge in [-0.3, -0.25) is 0 Å². The van der Waals surface area contributed by atoms with Gasteiger partial charge < -0.3 is 10.1 Å². The van der Waals surface area contributed by atoms with Crippen molar-refractivity contribution < 1.29 is 4.74 Å². The van der Waals surface area contributed by atoms with Gasteiger partial charge in [-0.1, -0.05) is 66.2 Å². The predicted molar refractivity (Wildman–Crippen MR) is 105 cm³/mol. The molecule has 1 N–H and O–H groups in total. The largest absolute Gasteiger partial charge is 0.489 e. The zero-order valence-electron chi connectivity index (χ0n) is 13.7. The van der Waals surface area contributed by atoms with Gasteiger partial charge in [-0.15, -0.1) is 0 Å². The van der Waals surface area contributed by atoms with Crippen LogP contribution in [-0.4, -0.2) is 6.61 Å². The number of nitrogens with one attached hydrogen (secondary N) is 1. The summed E-state index contributed by atoms with van der Waals surface area (Å²) >= 11 is 12.7. The van der Waals surface area contributed by atoms with Crippen molar-refractivity contribution in [1.29, 1.82) is 0 Å². The van der Waals surface area contributed by atoms with Crippen molar-refractivity contribution >= 4 is 28.9 Å². The van der Waals surface area contributed by atoms with E-state index in [4.69, 9.17) is 27.9 Å². The molecule has 3 atom stereocenters. The SMILES string of the molecule is C=CCOc1ccccc1[C@@H]1Nc2c(Cl)cc(Cl)cc2[C@@H]2C=CC[C@@H]21. The molecule has 0 aromatic heterocycles. The zero-order chi connectivity index (χ0) is 17.4. The standard InChI is InChI=1S/C21H19Cl2NO/c1-2-10-25-19-9-4-3-6-16(19)20-15-8-5-7-14(15)17-11-13(22)12-18(23)21(17)24-20/h2-7,9,11-12,14-15,20,24H,1,8,10H2/t14-,15+,20-/m1/s1. The van der Waals surface area contributed by atoms with Crippen molar-refractivity contribution in [2.75, 3.05) is 11.9 Å². The number of anilines is 1. The van der Waals surface area contributed by atoms with Crippen LogP contribution in [0.3, 0.4) is 0 Å². The molecule has 128 valence electrons. The molecule has 25 heavy (non-hydrogen) atoms. The minimum atomic E-state index is 0.132. The van der Waals surface area contributed by atoms with Gasteiger partial charge in [-0.2, -0.15) is 0 Å². The number of rotatable bonds is 4. The molecule has 0 saturated carbocycles. The van der Waals surface area contributed by atoms with E-state index in [2.05, 4.69) is 30.1 Å². The number of benzene rings is 2. The number of ether oxygens (including phenoxy) is 1. The van der Waals surface area contributed by atoms with Crippen LogP contribution in [0.25, 0.3) is 0 Å². The van der Waals surface area contributed by atoms with Gasteiger partial charge in [0, 0.05) is 16.5 Å². The lowest BCUT2D eigenvalue weighted by atomic mass is 9.77. The number of fused-ring (bicyclic) bond motifs is 3. The van der Waals surface area contributed by atoms with Crippen molar-refractivity contribution in [3.63, 3.8) is 0 Å². The van der Waals surface area contributed by atoms with Crippen LogP contribution < -0.4 is 10.1 Å². The molecular formula is C21H19Cl2NO. The summed E-state index contributed by atoms with van der Waals surface area (Å²) in [7, 11) is 0. The van der Waals surface area contributed by atoms with E-state index >= 15 is 0 Å². The van der Waals surface area contributed by atoms with E-state index in [-0.39, 0.29) is 6.04 Å². The molecular weight excluding hydrogens is 353 g/mol. The van der Waals surface area contributed by atoms with Crippen molar-refractivity contribution in [2.45, 2.75) is 18.4 Å². The van der Waals surface area contributed by atoms with Crippen LogP contribution in [0.5, 0.6) is 5.75 Å². The summed E-state index contributed by atoms with van der Waals surface area (Å²) in [5.74, 6) is 1.61. The first-order chi connectivity index (χ1) is 12.2. The van der Waals surface area contributed by atoms with Gasteiger partial charge in [0.05, 0.1) is 16.8 Å². The molecule has 0 spiro atoms. The Balaban J connectivity index is 1.79. The molecule has 2 aromatic carbocycles. The molecule has 0 amide bonds. The molecule has 0 saturated heterocycles. The van der Waals surface area contributed by atoms with E-state index in [9.17, 15) is 0 Å². The van der Waals surface area contributed by atoms with Crippen LogP contribution in [0.4, 0.5) is 5.69 Å². The zero-order valence-corrected chi connectivity index (χ0v) is 15.2. The molecule has 4 heteroatoms. The highest BCUT2D eigenvalue weighted by atomic mass is 35.5. The van der Waals surface area contributed by atoms with Crippen LogP contribution in [-0.2, 0) is 0 Å². The predicted octanol–water partition coefficient (Wildman–Crippen LogP) is 6.38. The second kappa shape index (κ2) is 6.78. The van der Waals surface area contributed by atoms with Gasteiger partial charge in [0.2, 0.25) is 0 Å². The number of allylic oxidation sites excluding steroid dienone is 2. The van der Waals surface area contributed by atoms with Gasteiger partial charge >= 0.3 is 0 Å². The maximum absolute atomic E-state index is 6.50. The van der Waals surface area contributed by atoms with E-state index in [0.717, 1.165) is 23.4 Å². The van der Waals surface area contributed by atoms with Crippen molar-refractivity contribution in [3.8, 4) is 5.75 Å². The van der Waals surface area contributed by atoms with Gasteiger partial charge in [0.1, 0.15) is 12.4 Å².